The molecule has 0 unspecified atom stereocenters. The van der Waals surface area contributed by atoms with Crippen molar-refractivity contribution in [3.05, 3.63) is 47.4 Å². The van der Waals surface area contributed by atoms with E-state index in [4.69, 9.17) is 15.6 Å². The first-order chi connectivity index (χ1) is 8.99. The lowest BCUT2D eigenvalue weighted by Crippen LogP contribution is -2.05. The van der Waals surface area contributed by atoms with Gasteiger partial charge >= 0.3 is 5.97 Å². The Morgan fingerprint density at radius 1 is 1.42 bits per heavy atom. The van der Waals surface area contributed by atoms with Crippen LogP contribution in [-0.4, -0.2) is 16.1 Å². The van der Waals surface area contributed by atoms with Gasteiger partial charge in [-0.1, -0.05) is 6.07 Å². The first-order valence-electron chi connectivity index (χ1n) is 5.41. The Kier molecular flexibility index (Phi) is 3.33. The van der Waals surface area contributed by atoms with E-state index in [9.17, 15) is 9.18 Å². The van der Waals surface area contributed by atoms with Crippen molar-refractivity contribution in [1.82, 2.24) is 4.98 Å². The average Bonchev–Trinajstić information content (AvgIpc) is 2.36. The summed E-state index contributed by atoms with van der Waals surface area (Å²) in [7, 11) is 0. The number of ether oxygens (including phenoxy) is 1. The molecule has 6 heteroatoms. The number of nitrogens with two attached hydrogens (primary N) is 1. The SMILES string of the molecule is Cc1ccc(F)cc1Oc1nccc(C(=O)O)c1N. The summed E-state index contributed by atoms with van der Waals surface area (Å²) in [6, 6.07) is 5.29. The molecule has 0 radical (unpaired) electrons. The Morgan fingerprint density at radius 2 is 2.16 bits per heavy atom. The van der Waals surface area contributed by atoms with E-state index in [0.29, 0.717) is 5.56 Å². The molecule has 0 saturated heterocycles. The number of halogens is 1. The lowest BCUT2D eigenvalue weighted by molar-refractivity contribution is 0.0697. The number of benzene rings is 1. The van der Waals surface area contributed by atoms with E-state index >= 15 is 0 Å². The molecular weight excluding hydrogens is 251 g/mol. The number of rotatable bonds is 3. The molecule has 0 aliphatic heterocycles. The Morgan fingerprint density at radius 3 is 2.84 bits per heavy atom. The van der Waals surface area contributed by atoms with E-state index in [1.54, 1.807) is 13.0 Å². The first kappa shape index (κ1) is 12.8. The van der Waals surface area contributed by atoms with Crippen molar-refractivity contribution in [3.63, 3.8) is 0 Å². The number of nitrogens with zero attached hydrogens (tertiary/aromatic N) is 1. The van der Waals surface area contributed by atoms with Crippen molar-refractivity contribution in [2.24, 2.45) is 0 Å². The highest BCUT2D eigenvalue weighted by molar-refractivity contribution is 5.94. The number of hydrogen-bond acceptors (Lipinski definition) is 4. The maximum Gasteiger partial charge on any atom is 0.338 e. The molecule has 0 spiro atoms. The van der Waals surface area contributed by atoms with Crippen LogP contribution in [-0.2, 0) is 0 Å². The van der Waals surface area contributed by atoms with Gasteiger partial charge in [0, 0.05) is 12.3 Å². The highest BCUT2D eigenvalue weighted by Gasteiger charge is 2.14. The molecule has 3 N–H and O–H groups in total. The monoisotopic (exact) mass is 262 g/mol. The van der Waals surface area contributed by atoms with E-state index in [2.05, 4.69) is 4.98 Å². The minimum atomic E-state index is -1.18. The smallest absolute Gasteiger partial charge is 0.338 e. The number of carbonyl (C=O) groups is 1. The number of aryl methyl sites for hydroxylation is 1. The number of carboxylic acid groups (broad SMARTS) is 1. The third-order valence-electron chi connectivity index (χ3n) is 2.54. The fourth-order valence-electron chi connectivity index (χ4n) is 1.51. The van der Waals surface area contributed by atoms with Crippen LogP contribution in [0, 0.1) is 12.7 Å². The Hall–Kier alpha value is -2.63. The minimum Gasteiger partial charge on any atom is -0.478 e. The van der Waals surface area contributed by atoms with Crippen molar-refractivity contribution in [2.75, 3.05) is 5.73 Å². The molecule has 0 aliphatic rings. The zero-order valence-corrected chi connectivity index (χ0v) is 10.1. The van der Waals surface area contributed by atoms with Crippen LogP contribution < -0.4 is 10.5 Å². The molecule has 2 aromatic rings. The van der Waals surface area contributed by atoms with Crippen LogP contribution in [0.25, 0.3) is 0 Å². The molecule has 0 bridgehead atoms. The van der Waals surface area contributed by atoms with E-state index < -0.39 is 11.8 Å². The molecule has 1 heterocycles. The average molecular weight is 262 g/mol. The van der Waals surface area contributed by atoms with E-state index in [-0.39, 0.29) is 22.9 Å². The van der Waals surface area contributed by atoms with Gasteiger partial charge in [-0.05, 0) is 24.6 Å². The third kappa shape index (κ3) is 2.62. The quantitative estimate of drug-likeness (QED) is 0.888. The van der Waals surface area contributed by atoms with Gasteiger partial charge in [0.1, 0.15) is 17.3 Å². The van der Waals surface area contributed by atoms with E-state index in [1.807, 2.05) is 0 Å². The molecular formula is C13H11FN2O3. The molecule has 0 saturated carbocycles. The fraction of sp³-hybridized carbons (Fsp3) is 0.0769. The Bertz CT molecular complexity index is 644. The number of pyridine rings is 1. The van der Waals surface area contributed by atoms with Gasteiger partial charge < -0.3 is 15.6 Å². The van der Waals surface area contributed by atoms with E-state index in [1.165, 1.54) is 24.4 Å². The van der Waals surface area contributed by atoms with Gasteiger partial charge in [0.05, 0.1) is 5.56 Å². The first-order valence-corrected chi connectivity index (χ1v) is 5.41. The zero-order valence-electron chi connectivity index (χ0n) is 10.1. The minimum absolute atomic E-state index is 0.0615. The largest absolute Gasteiger partial charge is 0.478 e. The number of aromatic nitrogens is 1. The summed E-state index contributed by atoms with van der Waals surface area (Å²) in [6.45, 7) is 1.73. The molecule has 1 aromatic carbocycles. The number of aromatic carboxylic acids is 1. The normalized spacial score (nSPS) is 10.2. The fourth-order valence-corrected chi connectivity index (χ4v) is 1.51. The molecule has 0 atom stereocenters. The second-order valence-electron chi connectivity index (χ2n) is 3.89. The Balaban J connectivity index is 2.41. The van der Waals surface area contributed by atoms with Crippen LogP contribution >= 0.6 is 0 Å². The maximum atomic E-state index is 13.1. The van der Waals surface area contributed by atoms with Crippen molar-refractivity contribution in [3.8, 4) is 11.6 Å². The van der Waals surface area contributed by atoms with Crippen molar-refractivity contribution < 1.29 is 19.0 Å². The maximum absolute atomic E-state index is 13.1. The highest BCUT2D eigenvalue weighted by Crippen LogP contribution is 2.29. The second kappa shape index (κ2) is 4.93. The summed E-state index contributed by atoms with van der Waals surface area (Å²) in [5, 5.41) is 8.93. The van der Waals surface area contributed by atoms with Crippen molar-refractivity contribution in [1.29, 1.82) is 0 Å². The van der Waals surface area contributed by atoms with Gasteiger partial charge in [0.15, 0.2) is 0 Å². The summed E-state index contributed by atoms with van der Waals surface area (Å²) in [5.74, 6) is -1.47. The molecule has 5 nitrogen and oxygen atoms in total. The van der Waals surface area contributed by atoms with Crippen LogP contribution in [0.3, 0.4) is 0 Å². The number of hydrogen-bond donors (Lipinski definition) is 2. The van der Waals surface area contributed by atoms with Gasteiger partial charge in [-0.3, -0.25) is 0 Å². The molecule has 0 amide bonds. The zero-order chi connectivity index (χ0) is 14.0. The standard InChI is InChI=1S/C13H11FN2O3/c1-7-2-3-8(14)6-10(7)19-12-11(15)9(13(17)18)4-5-16-12/h2-6H,15H2,1H3,(H,17,18). The van der Waals surface area contributed by atoms with Gasteiger partial charge in [-0.2, -0.15) is 0 Å². The van der Waals surface area contributed by atoms with E-state index in [0.717, 1.165) is 0 Å². The number of nitrogen functional groups attached to an aromatic ring is 1. The summed E-state index contributed by atoms with van der Waals surface area (Å²) in [5.41, 5.74) is 6.13. The number of carboxylic acids is 1. The van der Waals surface area contributed by atoms with Gasteiger partial charge in [-0.15, -0.1) is 0 Å². The van der Waals surface area contributed by atoms with Gasteiger partial charge in [-0.25, -0.2) is 14.2 Å². The lowest BCUT2D eigenvalue weighted by Gasteiger charge is -2.10. The summed E-state index contributed by atoms with van der Waals surface area (Å²) in [4.78, 5) is 14.8. The van der Waals surface area contributed by atoms with Crippen molar-refractivity contribution >= 4 is 11.7 Å². The van der Waals surface area contributed by atoms with Gasteiger partial charge in [0.25, 0.3) is 0 Å². The molecule has 0 aliphatic carbocycles. The molecule has 1 aromatic heterocycles. The summed E-state index contributed by atoms with van der Waals surface area (Å²) < 4.78 is 18.5. The van der Waals surface area contributed by atoms with Crippen LogP contribution in [0.4, 0.5) is 10.1 Å². The van der Waals surface area contributed by atoms with Crippen molar-refractivity contribution in [2.45, 2.75) is 6.92 Å². The Labute approximate surface area is 108 Å². The van der Waals surface area contributed by atoms with Crippen LogP contribution in [0.2, 0.25) is 0 Å². The van der Waals surface area contributed by atoms with Gasteiger partial charge in [0.2, 0.25) is 5.88 Å². The molecule has 0 fully saturated rings. The van der Waals surface area contributed by atoms with Crippen LogP contribution in [0.15, 0.2) is 30.5 Å². The summed E-state index contributed by atoms with van der Waals surface area (Å²) >= 11 is 0. The topological polar surface area (TPSA) is 85.4 Å². The third-order valence-corrected chi connectivity index (χ3v) is 2.54. The number of anilines is 1. The predicted octanol–water partition coefficient (Wildman–Crippen LogP) is 2.60. The summed E-state index contributed by atoms with van der Waals surface area (Å²) in [6.07, 6.45) is 1.27. The second-order valence-corrected chi connectivity index (χ2v) is 3.89. The molecule has 98 valence electrons. The highest BCUT2D eigenvalue weighted by atomic mass is 19.1. The van der Waals surface area contributed by atoms with Crippen LogP contribution in [0.5, 0.6) is 11.6 Å². The predicted molar refractivity (Wildman–Crippen MR) is 66.8 cm³/mol. The lowest BCUT2D eigenvalue weighted by atomic mass is 10.2. The molecule has 2 rings (SSSR count). The van der Waals surface area contributed by atoms with Crippen LogP contribution in [0.1, 0.15) is 15.9 Å². The molecule has 19 heavy (non-hydrogen) atoms.